The molecule has 1 saturated carbocycles. The van der Waals surface area contributed by atoms with Crippen molar-refractivity contribution in [2.24, 2.45) is 0 Å². The lowest BCUT2D eigenvalue weighted by molar-refractivity contribution is 0.148. The molecular weight excluding hydrogens is 300 g/mol. The van der Waals surface area contributed by atoms with Crippen LogP contribution in [0.5, 0.6) is 17.2 Å². The Hall–Kier alpha value is -0.940. The van der Waals surface area contributed by atoms with Crippen molar-refractivity contribution in [2.75, 3.05) is 21.3 Å². The van der Waals surface area contributed by atoms with Gasteiger partial charge in [-0.05, 0) is 28.8 Å². The summed E-state index contributed by atoms with van der Waals surface area (Å²) in [5, 5.41) is 10.1. The summed E-state index contributed by atoms with van der Waals surface area (Å²) in [7, 11) is 4.78. The van der Waals surface area contributed by atoms with Gasteiger partial charge in [-0.15, -0.1) is 0 Å². The van der Waals surface area contributed by atoms with Gasteiger partial charge in [0.1, 0.15) is 5.75 Å². The molecule has 0 heterocycles. The molecule has 0 spiro atoms. The van der Waals surface area contributed by atoms with E-state index in [1.165, 1.54) is 0 Å². The van der Waals surface area contributed by atoms with Gasteiger partial charge < -0.3 is 19.3 Å². The monoisotopic (exact) mass is 316 g/mol. The summed E-state index contributed by atoms with van der Waals surface area (Å²) in [4.78, 5) is 0. The van der Waals surface area contributed by atoms with Gasteiger partial charge in [0.2, 0.25) is 0 Å². The molecule has 1 N–H and O–H groups in total. The first-order valence-electron chi connectivity index (χ1n) is 5.74. The van der Waals surface area contributed by atoms with Crippen molar-refractivity contribution in [3.63, 3.8) is 0 Å². The highest BCUT2D eigenvalue weighted by atomic mass is 79.9. The summed E-state index contributed by atoms with van der Waals surface area (Å²) in [6.07, 6.45) is 2.14. The van der Waals surface area contributed by atoms with Crippen LogP contribution in [0.25, 0.3) is 0 Å². The van der Waals surface area contributed by atoms with Crippen LogP contribution in [0.2, 0.25) is 0 Å². The minimum Gasteiger partial charge on any atom is -0.495 e. The number of hydrogen-bond acceptors (Lipinski definition) is 4. The van der Waals surface area contributed by atoms with Crippen LogP contribution in [0.15, 0.2) is 10.5 Å². The largest absolute Gasteiger partial charge is 0.495 e. The highest BCUT2D eigenvalue weighted by Gasteiger charge is 2.42. The molecule has 1 fully saturated rings. The van der Waals surface area contributed by atoms with E-state index in [0.717, 1.165) is 22.9 Å². The van der Waals surface area contributed by atoms with Gasteiger partial charge in [0, 0.05) is 18.1 Å². The SMILES string of the molecule is COc1cc(Br)c(OC)c(CC2(O)CC2)c1OC. The van der Waals surface area contributed by atoms with Crippen molar-refractivity contribution in [1.82, 2.24) is 0 Å². The van der Waals surface area contributed by atoms with Crippen LogP contribution < -0.4 is 14.2 Å². The van der Waals surface area contributed by atoms with E-state index in [1.54, 1.807) is 27.4 Å². The van der Waals surface area contributed by atoms with Crippen LogP contribution in [0.4, 0.5) is 0 Å². The third-order valence-corrected chi connectivity index (χ3v) is 3.80. The molecule has 0 radical (unpaired) electrons. The average Bonchev–Trinajstić information content (AvgIpc) is 3.06. The minimum absolute atomic E-state index is 0.509. The predicted molar refractivity (Wildman–Crippen MR) is 71.7 cm³/mol. The van der Waals surface area contributed by atoms with Gasteiger partial charge >= 0.3 is 0 Å². The summed E-state index contributed by atoms with van der Waals surface area (Å²) >= 11 is 3.45. The number of halogens is 1. The fourth-order valence-electron chi connectivity index (χ4n) is 2.05. The van der Waals surface area contributed by atoms with E-state index in [1.807, 2.05) is 0 Å². The Labute approximate surface area is 115 Å². The normalized spacial score (nSPS) is 16.3. The molecule has 1 aliphatic rings. The molecule has 5 heteroatoms. The van der Waals surface area contributed by atoms with E-state index in [4.69, 9.17) is 14.2 Å². The molecule has 100 valence electrons. The van der Waals surface area contributed by atoms with Gasteiger partial charge in [-0.2, -0.15) is 0 Å². The maximum Gasteiger partial charge on any atom is 0.167 e. The van der Waals surface area contributed by atoms with Gasteiger partial charge in [-0.3, -0.25) is 0 Å². The van der Waals surface area contributed by atoms with Crippen LogP contribution >= 0.6 is 15.9 Å². The second-order valence-corrected chi connectivity index (χ2v) is 5.36. The van der Waals surface area contributed by atoms with Crippen LogP contribution in [0.3, 0.4) is 0 Å². The van der Waals surface area contributed by atoms with Crippen LogP contribution in [-0.4, -0.2) is 32.0 Å². The molecular formula is C13H17BrO4. The molecule has 1 aliphatic carbocycles. The summed E-state index contributed by atoms with van der Waals surface area (Å²) in [5.74, 6) is 1.94. The van der Waals surface area contributed by atoms with Crippen molar-refractivity contribution in [2.45, 2.75) is 24.9 Å². The highest BCUT2D eigenvalue weighted by molar-refractivity contribution is 9.10. The molecule has 1 aromatic carbocycles. The lowest BCUT2D eigenvalue weighted by Crippen LogP contribution is -2.13. The number of rotatable bonds is 5. The highest BCUT2D eigenvalue weighted by Crippen LogP contribution is 2.48. The van der Waals surface area contributed by atoms with Gasteiger partial charge in [-0.1, -0.05) is 0 Å². The van der Waals surface area contributed by atoms with Crippen molar-refractivity contribution < 1.29 is 19.3 Å². The quantitative estimate of drug-likeness (QED) is 0.907. The Balaban J connectivity index is 2.52. The maximum atomic E-state index is 10.1. The van der Waals surface area contributed by atoms with E-state index < -0.39 is 5.60 Å². The van der Waals surface area contributed by atoms with Gasteiger partial charge in [0.25, 0.3) is 0 Å². The average molecular weight is 317 g/mol. The number of methoxy groups -OCH3 is 3. The molecule has 0 aliphatic heterocycles. The van der Waals surface area contributed by atoms with Crippen molar-refractivity contribution in [3.05, 3.63) is 16.1 Å². The zero-order valence-corrected chi connectivity index (χ0v) is 12.3. The zero-order valence-electron chi connectivity index (χ0n) is 10.7. The molecule has 0 amide bonds. The Morgan fingerprint density at radius 1 is 1.17 bits per heavy atom. The Bertz CT molecular complexity index is 455. The fraction of sp³-hybridized carbons (Fsp3) is 0.538. The number of ether oxygens (including phenoxy) is 3. The van der Waals surface area contributed by atoms with Crippen LogP contribution in [0, 0.1) is 0 Å². The molecule has 0 aromatic heterocycles. The second kappa shape index (κ2) is 4.97. The first kappa shape index (κ1) is 13.5. The van der Waals surface area contributed by atoms with Gasteiger partial charge in [-0.25, -0.2) is 0 Å². The molecule has 0 saturated heterocycles. The molecule has 18 heavy (non-hydrogen) atoms. The molecule has 1 aromatic rings. The first-order valence-corrected chi connectivity index (χ1v) is 6.53. The summed E-state index contributed by atoms with van der Waals surface area (Å²) in [6.45, 7) is 0. The Morgan fingerprint density at radius 2 is 1.78 bits per heavy atom. The molecule has 0 bridgehead atoms. The van der Waals surface area contributed by atoms with Crippen molar-refractivity contribution >= 4 is 15.9 Å². The molecule has 4 nitrogen and oxygen atoms in total. The minimum atomic E-state index is -0.619. The third-order valence-electron chi connectivity index (χ3n) is 3.21. The van der Waals surface area contributed by atoms with Gasteiger partial charge in [0.15, 0.2) is 11.5 Å². The van der Waals surface area contributed by atoms with Crippen LogP contribution in [0.1, 0.15) is 18.4 Å². The standard InChI is InChI=1S/C13H17BrO4/c1-16-10-6-9(14)11(17-2)8(12(10)18-3)7-13(15)4-5-13/h6,15H,4-5,7H2,1-3H3. The maximum absolute atomic E-state index is 10.1. The van der Waals surface area contributed by atoms with E-state index in [9.17, 15) is 5.11 Å². The van der Waals surface area contributed by atoms with Crippen molar-refractivity contribution in [1.29, 1.82) is 0 Å². The zero-order chi connectivity index (χ0) is 13.3. The summed E-state index contributed by atoms with van der Waals surface area (Å²) < 4.78 is 16.9. The summed E-state index contributed by atoms with van der Waals surface area (Å²) in [6, 6.07) is 1.80. The number of benzene rings is 1. The molecule has 0 atom stereocenters. The van der Waals surface area contributed by atoms with Crippen molar-refractivity contribution in [3.8, 4) is 17.2 Å². The first-order chi connectivity index (χ1) is 8.54. The van der Waals surface area contributed by atoms with Crippen LogP contribution in [-0.2, 0) is 6.42 Å². The number of hydrogen-bond donors (Lipinski definition) is 1. The topological polar surface area (TPSA) is 47.9 Å². The lowest BCUT2D eigenvalue weighted by Gasteiger charge is -2.19. The Kier molecular flexibility index (Phi) is 3.73. The van der Waals surface area contributed by atoms with E-state index in [2.05, 4.69) is 15.9 Å². The lowest BCUT2D eigenvalue weighted by atomic mass is 10.0. The predicted octanol–water partition coefficient (Wildman–Crippen LogP) is 2.54. The molecule has 0 unspecified atom stereocenters. The third kappa shape index (κ3) is 2.42. The molecule has 2 rings (SSSR count). The summed E-state index contributed by atoms with van der Waals surface area (Å²) in [5.41, 5.74) is 0.220. The fourth-order valence-corrected chi connectivity index (χ4v) is 2.66. The Morgan fingerprint density at radius 3 is 2.22 bits per heavy atom. The van der Waals surface area contributed by atoms with E-state index >= 15 is 0 Å². The van der Waals surface area contributed by atoms with E-state index in [-0.39, 0.29) is 0 Å². The van der Waals surface area contributed by atoms with E-state index in [0.29, 0.717) is 23.7 Å². The number of aliphatic hydroxyl groups is 1. The van der Waals surface area contributed by atoms with Gasteiger partial charge in [0.05, 0.1) is 31.4 Å². The second-order valence-electron chi connectivity index (χ2n) is 4.51. The smallest absolute Gasteiger partial charge is 0.167 e.